The van der Waals surface area contributed by atoms with E-state index in [2.05, 4.69) is 177 Å². The van der Waals surface area contributed by atoms with Crippen LogP contribution >= 0.6 is 0 Å². The normalized spacial score (nSPS) is 12.5. The van der Waals surface area contributed by atoms with Gasteiger partial charge in [0.05, 0.1) is 33.1 Å². The van der Waals surface area contributed by atoms with Gasteiger partial charge in [-0.15, -0.1) is 0 Å². The summed E-state index contributed by atoms with van der Waals surface area (Å²) in [5.74, 6) is 0.848. The highest BCUT2D eigenvalue weighted by atomic mass is 15.1. The second-order valence-electron chi connectivity index (χ2n) is 13.2. The summed E-state index contributed by atoms with van der Waals surface area (Å²) >= 11 is 0. The van der Waals surface area contributed by atoms with E-state index >= 15 is 0 Å². The van der Waals surface area contributed by atoms with Crippen molar-refractivity contribution < 1.29 is 0 Å². The summed E-state index contributed by atoms with van der Waals surface area (Å²) in [6, 6.07) is 50.9. The van der Waals surface area contributed by atoms with Crippen molar-refractivity contribution in [2.24, 2.45) is 4.99 Å². The Morgan fingerprint density at radius 2 is 1.08 bits per heavy atom. The predicted octanol–water partition coefficient (Wildman–Crippen LogP) is 12.4. The molecule has 11 rings (SSSR count). The zero-order valence-electron chi connectivity index (χ0n) is 27.4. The molecule has 0 atom stereocenters. The molecule has 0 amide bonds. The van der Waals surface area contributed by atoms with Crippen LogP contribution in [0.4, 0.5) is 5.82 Å². The van der Waals surface area contributed by atoms with Crippen molar-refractivity contribution >= 4 is 100 Å². The number of nitrogens with zero attached hydrogens (tertiary/aromatic N) is 4. The lowest BCUT2D eigenvalue weighted by Gasteiger charge is -2.13. The summed E-state index contributed by atoms with van der Waals surface area (Å²) in [5, 5.41) is 11.4. The molecule has 4 heterocycles. The predicted molar refractivity (Wildman–Crippen MR) is 214 cm³/mol. The Morgan fingerprint density at radius 1 is 0.500 bits per heavy atom. The molecule has 7 aromatic carbocycles. The van der Waals surface area contributed by atoms with Crippen LogP contribution in [0.2, 0.25) is 0 Å². The van der Waals surface area contributed by atoms with Crippen molar-refractivity contribution in [1.29, 1.82) is 0 Å². The van der Waals surface area contributed by atoms with Crippen molar-refractivity contribution in [2.45, 2.75) is 6.92 Å². The van der Waals surface area contributed by atoms with Crippen LogP contribution in [-0.4, -0.2) is 20.3 Å². The van der Waals surface area contributed by atoms with Crippen LogP contribution < -0.4 is 0 Å². The van der Waals surface area contributed by atoms with Crippen LogP contribution in [-0.2, 0) is 0 Å². The Hall–Kier alpha value is -6.65. The highest BCUT2D eigenvalue weighted by Crippen LogP contribution is 2.48. The average Bonchev–Trinajstić information content (AvgIpc) is 3.89. The first-order valence-corrected chi connectivity index (χ1v) is 17.1. The summed E-state index contributed by atoms with van der Waals surface area (Å²) in [6.07, 6.45) is 4.19. The molecule has 4 heteroatoms. The van der Waals surface area contributed by atoms with Crippen LogP contribution in [0.3, 0.4) is 0 Å². The van der Waals surface area contributed by atoms with E-state index in [1.807, 2.05) is 6.92 Å². The van der Waals surface area contributed by atoms with Gasteiger partial charge in [0.2, 0.25) is 0 Å². The monoisotopic (exact) mass is 638 g/mol. The first kappa shape index (κ1) is 27.3. The number of rotatable bonds is 4. The highest BCUT2D eigenvalue weighted by molar-refractivity contribution is 6.37. The lowest BCUT2D eigenvalue weighted by molar-refractivity contribution is 1.10. The molecule has 0 unspecified atom stereocenters. The first-order chi connectivity index (χ1) is 24.8. The van der Waals surface area contributed by atoms with Gasteiger partial charge < -0.3 is 8.97 Å². The molecule has 4 nitrogen and oxygen atoms in total. The fourth-order valence-electron chi connectivity index (χ4n) is 8.79. The third-order valence-corrected chi connectivity index (χ3v) is 10.7. The summed E-state index contributed by atoms with van der Waals surface area (Å²) in [7, 11) is 0. The van der Waals surface area contributed by atoms with Crippen molar-refractivity contribution in [1.82, 2.24) is 13.5 Å². The van der Waals surface area contributed by atoms with E-state index in [1.54, 1.807) is 0 Å². The zero-order valence-corrected chi connectivity index (χ0v) is 27.4. The number of aromatic nitrogens is 3. The van der Waals surface area contributed by atoms with Gasteiger partial charge in [0.1, 0.15) is 5.82 Å². The maximum Gasteiger partial charge on any atom is 0.144 e. The molecule has 234 valence electrons. The average molecular weight is 639 g/mol. The van der Waals surface area contributed by atoms with E-state index in [-0.39, 0.29) is 0 Å². The number of benzene rings is 7. The van der Waals surface area contributed by atoms with E-state index in [9.17, 15) is 0 Å². The van der Waals surface area contributed by atoms with E-state index in [4.69, 9.17) is 0 Å². The van der Waals surface area contributed by atoms with Gasteiger partial charge in [0.15, 0.2) is 0 Å². The molecule has 11 aromatic rings. The number of para-hydroxylation sites is 3. The molecule has 50 heavy (non-hydrogen) atoms. The minimum absolute atomic E-state index is 0.848. The molecule has 4 aromatic heterocycles. The highest BCUT2D eigenvalue weighted by Gasteiger charge is 2.25. The van der Waals surface area contributed by atoms with E-state index in [0.717, 1.165) is 33.7 Å². The van der Waals surface area contributed by atoms with Gasteiger partial charge in [0.25, 0.3) is 0 Å². The van der Waals surface area contributed by atoms with Gasteiger partial charge in [-0.2, -0.15) is 0 Å². The fraction of sp³-hybridized carbons (Fsp3) is 0.0217. The Bertz CT molecular complexity index is 3220. The molecule has 0 radical (unpaired) electrons. The fourth-order valence-corrected chi connectivity index (χ4v) is 8.79. The number of fused-ring (bicyclic) bond motifs is 13. The SMILES string of the molecule is C=Nc1c(/C=C\C)c2ccccc2n1-c1ccc(-n2c3ccccc3c3cc4c5ccccc5n5c6ccc7ccccc7c6c(c32)c45)cc1. The quantitative estimate of drug-likeness (QED) is 0.172. The standard InChI is InChI=1S/C46H30N4/c1-3-12-35-32-15-6-10-19-39(32)49(46(35)47-2)30-24-22-29(23-25-30)48-38-18-9-7-16-33(38)36-27-37-34-17-8-11-20-40(34)50-41-26-21-28-13-4-5-14-31(28)42(41)43(44(36)48)45(37)50/h3-27H,2H2,1H3/b12-3-. The molecule has 0 saturated carbocycles. The van der Waals surface area contributed by atoms with Crippen LogP contribution in [0.15, 0.2) is 151 Å². The molecular weight excluding hydrogens is 609 g/mol. The molecule has 0 spiro atoms. The third-order valence-electron chi connectivity index (χ3n) is 10.7. The third kappa shape index (κ3) is 3.37. The minimum atomic E-state index is 0.848. The second-order valence-corrected chi connectivity index (χ2v) is 13.2. The molecule has 0 aliphatic rings. The van der Waals surface area contributed by atoms with Gasteiger partial charge in [-0.1, -0.05) is 97.1 Å². The molecule has 0 N–H and O–H groups in total. The largest absolute Gasteiger partial charge is 0.309 e. The Labute approximate surface area is 287 Å². The Kier molecular flexibility index (Phi) is 5.43. The number of aliphatic imine (C=N–C) groups is 1. The maximum absolute atomic E-state index is 4.53. The van der Waals surface area contributed by atoms with E-state index < -0.39 is 0 Å². The minimum Gasteiger partial charge on any atom is -0.309 e. The summed E-state index contributed by atoms with van der Waals surface area (Å²) in [4.78, 5) is 4.53. The van der Waals surface area contributed by atoms with E-state index in [1.165, 1.54) is 70.7 Å². The van der Waals surface area contributed by atoms with Crippen LogP contribution in [0.5, 0.6) is 0 Å². The molecular formula is C46H30N4. The smallest absolute Gasteiger partial charge is 0.144 e. The van der Waals surface area contributed by atoms with Crippen molar-refractivity contribution in [2.75, 3.05) is 0 Å². The van der Waals surface area contributed by atoms with Crippen LogP contribution in [0.25, 0.3) is 99.0 Å². The number of hydrogen-bond donors (Lipinski definition) is 0. The Balaban J connectivity index is 1.28. The molecule has 0 aliphatic heterocycles. The van der Waals surface area contributed by atoms with Crippen LogP contribution in [0.1, 0.15) is 12.5 Å². The van der Waals surface area contributed by atoms with Gasteiger partial charge in [-0.3, -0.25) is 4.57 Å². The van der Waals surface area contributed by atoms with Gasteiger partial charge in [0, 0.05) is 54.6 Å². The molecule has 0 fully saturated rings. The van der Waals surface area contributed by atoms with Gasteiger partial charge in [-0.05, 0) is 79.0 Å². The lowest BCUT2D eigenvalue weighted by Crippen LogP contribution is -1.97. The van der Waals surface area contributed by atoms with Crippen LogP contribution in [0, 0.1) is 0 Å². The maximum atomic E-state index is 4.53. The Morgan fingerprint density at radius 3 is 1.80 bits per heavy atom. The summed E-state index contributed by atoms with van der Waals surface area (Å²) in [6.45, 7) is 6.02. The van der Waals surface area contributed by atoms with Crippen molar-refractivity contribution in [3.05, 3.63) is 151 Å². The van der Waals surface area contributed by atoms with Gasteiger partial charge in [-0.25, -0.2) is 4.99 Å². The lowest BCUT2D eigenvalue weighted by atomic mass is 9.99. The second kappa shape index (κ2) is 9.94. The topological polar surface area (TPSA) is 26.6 Å². The first-order valence-electron chi connectivity index (χ1n) is 17.1. The van der Waals surface area contributed by atoms with Crippen molar-refractivity contribution in [3.63, 3.8) is 0 Å². The summed E-state index contributed by atoms with van der Waals surface area (Å²) < 4.78 is 7.20. The summed E-state index contributed by atoms with van der Waals surface area (Å²) in [5.41, 5.74) is 10.6. The zero-order chi connectivity index (χ0) is 33.1. The molecule has 0 aliphatic carbocycles. The number of hydrogen-bond acceptors (Lipinski definition) is 1. The van der Waals surface area contributed by atoms with Gasteiger partial charge >= 0.3 is 0 Å². The molecule has 0 saturated heterocycles. The van der Waals surface area contributed by atoms with E-state index in [0.29, 0.717) is 0 Å². The van der Waals surface area contributed by atoms with Crippen molar-refractivity contribution in [3.8, 4) is 11.4 Å². The number of allylic oxidation sites excluding steroid dienone is 1. The molecule has 0 bridgehead atoms.